The topological polar surface area (TPSA) is 49.5 Å². The molecule has 18 heavy (non-hydrogen) atoms. The number of hydrogen-bond donors (Lipinski definition) is 1. The Bertz CT molecular complexity index is 395. The summed E-state index contributed by atoms with van der Waals surface area (Å²) in [5.74, 6) is 2.04. The molecule has 0 aliphatic carbocycles. The zero-order chi connectivity index (χ0) is 13.3. The first-order valence-corrected chi connectivity index (χ1v) is 6.72. The molecule has 1 fully saturated rings. The zero-order valence-corrected chi connectivity index (χ0v) is 11.8. The van der Waals surface area contributed by atoms with Gasteiger partial charge in [-0.1, -0.05) is 27.7 Å². The third kappa shape index (κ3) is 3.12. The van der Waals surface area contributed by atoms with Crippen LogP contribution in [-0.4, -0.2) is 34.2 Å². The van der Waals surface area contributed by atoms with Gasteiger partial charge < -0.3 is 9.52 Å². The number of oxazole rings is 1. The van der Waals surface area contributed by atoms with Gasteiger partial charge in [-0.2, -0.15) is 0 Å². The van der Waals surface area contributed by atoms with Crippen LogP contribution in [-0.2, 0) is 12.0 Å². The van der Waals surface area contributed by atoms with Crippen molar-refractivity contribution in [2.75, 3.05) is 13.1 Å². The maximum absolute atomic E-state index is 9.71. The number of aliphatic hydroxyl groups excluding tert-OH is 1. The van der Waals surface area contributed by atoms with Crippen LogP contribution in [0.2, 0.25) is 0 Å². The largest absolute Gasteiger partial charge is 0.444 e. The highest BCUT2D eigenvalue weighted by molar-refractivity contribution is 5.06. The summed E-state index contributed by atoms with van der Waals surface area (Å²) in [6, 6.07) is 0. The molecular formula is C14H24N2O2. The zero-order valence-electron chi connectivity index (χ0n) is 11.8. The van der Waals surface area contributed by atoms with E-state index in [9.17, 15) is 5.11 Å². The second-order valence-corrected chi connectivity index (χ2v) is 6.44. The molecule has 2 unspecified atom stereocenters. The standard InChI is InChI=1S/C14H24N2O2/c1-10-8-16(6-5-11(10)17)9-13-15-7-12(18-13)14(2,3)4/h7,10-11,17H,5-6,8-9H2,1-4H3. The van der Waals surface area contributed by atoms with Crippen molar-refractivity contribution in [2.45, 2.75) is 52.2 Å². The molecule has 2 rings (SSSR count). The first kappa shape index (κ1) is 13.6. The van der Waals surface area contributed by atoms with Crippen LogP contribution in [0.4, 0.5) is 0 Å². The molecular weight excluding hydrogens is 228 g/mol. The van der Waals surface area contributed by atoms with Gasteiger partial charge in [0.15, 0.2) is 0 Å². The van der Waals surface area contributed by atoms with Crippen LogP contribution in [0.1, 0.15) is 45.8 Å². The minimum Gasteiger partial charge on any atom is -0.444 e. The summed E-state index contributed by atoms with van der Waals surface area (Å²) in [4.78, 5) is 6.65. The summed E-state index contributed by atoms with van der Waals surface area (Å²) >= 11 is 0. The van der Waals surface area contributed by atoms with Gasteiger partial charge >= 0.3 is 0 Å². The fourth-order valence-electron chi connectivity index (χ4n) is 2.28. The van der Waals surface area contributed by atoms with Crippen molar-refractivity contribution < 1.29 is 9.52 Å². The third-order valence-corrected chi connectivity index (χ3v) is 3.60. The molecule has 0 spiro atoms. The Hall–Kier alpha value is -0.870. The smallest absolute Gasteiger partial charge is 0.208 e. The van der Waals surface area contributed by atoms with Gasteiger partial charge in [0.1, 0.15) is 5.76 Å². The second-order valence-electron chi connectivity index (χ2n) is 6.44. The van der Waals surface area contributed by atoms with Crippen LogP contribution < -0.4 is 0 Å². The molecule has 0 amide bonds. The number of aromatic nitrogens is 1. The van der Waals surface area contributed by atoms with Crippen molar-refractivity contribution in [2.24, 2.45) is 5.92 Å². The summed E-state index contributed by atoms with van der Waals surface area (Å²) in [5, 5.41) is 9.71. The lowest BCUT2D eigenvalue weighted by atomic mass is 9.94. The van der Waals surface area contributed by atoms with Crippen molar-refractivity contribution in [3.05, 3.63) is 17.8 Å². The Morgan fingerprint density at radius 2 is 2.22 bits per heavy atom. The number of aliphatic hydroxyl groups is 1. The average Bonchev–Trinajstić information content (AvgIpc) is 2.72. The van der Waals surface area contributed by atoms with Gasteiger partial charge in [0.05, 0.1) is 18.8 Å². The molecule has 0 bridgehead atoms. The summed E-state index contributed by atoms with van der Waals surface area (Å²) in [5.41, 5.74) is 0.0105. The lowest BCUT2D eigenvalue weighted by Crippen LogP contribution is -2.41. The van der Waals surface area contributed by atoms with Gasteiger partial charge in [0, 0.05) is 18.5 Å². The van der Waals surface area contributed by atoms with Crippen LogP contribution >= 0.6 is 0 Å². The lowest BCUT2D eigenvalue weighted by Gasteiger charge is -2.33. The first-order valence-electron chi connectivity index (χ1n) is 6.72. The molecule has 0 aromatic carbocycles. The van der Waals surface area contributed by atoms with E-state index in [0.717, 1.165) is 37.7 Å². The van der Waals surface area contributed by atoms with Gasteiger partial charge in [-0.25, -0.2) is 4.98 Å². The van der Waals surface area contributed by atoms with E-state index in [-0.39, 0.29) is 11.5 Å². The van der Waals surface area contributed by atoms with E-state index in [1.807, 2.05) is 6.20 Å². The minimum absolute atomic E-state index is 0.0105. The highest BCUT2D eigenvalue weighted by atomic mass is 16.4. The maximum Gasteiger partial charge on any atom is 0.208 e. The van der Waals surface area contributed by atoms with Crippen molar-refractivity contribution in [1.82, 2.24) is 9.88 Å². The van der Waals surface area contributed by atoms with Crippen molar-refractivity contribution in [3.63, 3.8) is 0 Å². The summed E-state index contributed by atoms with van der Waals surface area (Å²) in [6.07, 6.45) is 2.52. The quantitative estimate of drug-likeness (QED) is 0.876. The van der Waals surface area contributed by atoms with Crippen LogP contribution in [0, 0.1) is 5.92 Å². The maximum atomic E-state index is 9.71. The van der Waals surface area contributed by atoms with E-state index in [2.05, 4.69) is 37.6 Å². The fourth-order valence-corrected chi connectivity index (χ4v) is 2.28. The predicted molar refractivity (Wildman–Crippen MR) is 70.3 cm³/mol. The van der Waals surface area contributed by atoms with Crippen molar-refractivity contribution in [1.29, 1.82) is 0 Å². The van der Waals surface area contributed by atoms with Gasteiger partial charge in [-0.05, 0) is 12.3 Å². The number of rotatable bonds is 2. The number of piperidine rings is 1. The van der Waals surface area contributed by atoms with Crippen LogP contribution in [0.5, 0.6) is 0 Å². The monoisotopic (exact) mass is 252 g/mol. The number of hydrogen-bond acceptors (Lipinski definition) is 4. The van der Waals surface area contributed by atoms with E-state index in [0.29, 0.717) is 5.92 Å². The van der Waals surface area contributed by atoms with Crippen LogP contribution in [0.15, 0.2) is 10.6 Å². The van der Waals surface area contributed by atoms with Gasteiger partial charge in [0.2, 0.25) is 5.89 Å². The molecule has 1 aliphatic rings. The summed E-state index contributed by atoms with van der Waals surface area (Å²) in [7, 11) is 0. The van der Waals surface area contributed by atoms with Gasteiger partial charge in [0.25, 0.3) is 0 Å². The van der Waals surface area contributed by atoms with Gasteiger partial charge in [-0.3, -0.25) is 4.90 Å². The number of nitrogens with zero attached hydrogens (tertiary/aromatic N) is 2. The Morgan fingerprint density at radius 1 is 1.50 bits per heavy atom. The third-order valence-electron chi connectivity index (χ3n) is 3.60. The fraction of sp³-hybridized carbons (Fsp3) is 0.786. The Labute approximate surface area is 109 Å². The Kier molecular flexibility index (Phi) is 3.78. The second kappa shape index (κ2) is 5.02. The van der Waals surface area contributed by atoms with E-state index in [1.165, 1.54) is 0 Å². The minimum atomic E-state index is -0.157. The summed E-state index contributed by atoms with van der Waals surface area (Å²) < 4.78 is 5.80. The molecule has 2 atom stereocenters. The molecule has 102 valence electrons. The van der Waals surface area contributed by atoms with Crippen molar-refractivity contribution in [3.8, 4) is 0 Å². The predicted octanol–water partition coefficient (Wildman–Crippen LogP) is 2.17. The Balaban J connectivity index is 1.96. The van der Waals surface area contributed by atoms with Gasteiger partial charge in [-0.15, -0.1) is 0 Å². The van der Waals surface area contributed by atoms with E-state index in [1.54, 1.807) is 0 Å². The summed E-state index contributed by atoms with van der Waals surface area (Å²) in [6.45, 7) is 11.0. The molecule has 0 saturated carbocycles. The Morgan fingerprint density at radius 3 is 2.78 bits per heavy atom. The molecule has 1 saturated heterocycles. The lowest BCUT2D eigenvalue weighted by molar-refractivity contribution is 0.0287. The van der Waals surface area contributed by atoms with Crippen LogP contribution in [0.25, 0.3) is 0 Å². The highest BCUT2D eigenvalue weighted by Crippen LogP contribution is 2.24. The van der Waals surface area contributed by atoms with E-state index >= 15 is 0 Å². The molecule has 1 aromatic heterocycles. The molecule has 4 heteroatoms. The van der Waals surface area contributed by atoms with E-state index in [4.69, 9.17) is 4.42 Å². The molecule has 1 aromatic rings. The molecule has 1 N–H and O–H groups in total. The molecule has 0 radical (unpaired) electrons. The molecule has 2 heterocycles. The first-order chi connectivity index (χ1) is 8.36. The van der Waals surface area contributed by atoms with Crippen molar-refractivity contribution >= 4 is 0 Å². The SMILES string of the molecule is CC1CN(Cc2ncc(C(C)(C)C)o2)CCC1O. The highest BCUT2D eigenvalue weighted by Gasteiger charge is 2.26. The molecule has 4 nitrogen and oxygen atoms in total. The molecule has 1 aliphatic heterocycles. The number of likely N-dealkylation sites (tertiary alicyclic amines) is 1. The van der Waals surface area contributed by atoms with E-state index < -0.39 is 0 Å². The van der Waals surface area contributed by atoms with Crippen LogP contribution in [0.3, 0.4) is 0 Å². The average molecular weight is 252 g/mol. The normalized spacial score (nSPS) is 26.5.